The van der Waals surface area contributed by atoms with Crippen molar-refractivity contribution in [1.82, 2.24) is 19.6 Å². The summed E-state index contributed by atoms with van der Waals surface area (Å²) in [6.45, 7) is 3.53. The molecule has 7 nitrogen and oxygen atoms in total. The highest BCUT2D eigenvalue weighted by molar-refractivity contribution is 5.88. The van der Waals surface area contributed by atoms with Gasteiger partial charge >= 0.3 is 5.69 Å². The smallest absolute Gasteiger partial charge is 0.384 e. The van der Waals surface area contributed by atoms with Gasteiger partial charge in [-0.15, -0.1) is 4.73 Å². The fourth-order valence-corrected chi connectivity index (χ4v) is 4.43. The Bertz CT molecular complexity index is 1330. The first kappa shape index (κ1) is 21.2. The van der Waals surface area contributed by atoms with Crippen molar-refractivity contribution in [2.75, 3.05) is 25.0 Å². The number of hydrogen-bond acceptors (Lipinski definition) is 6. The molecule has 33 heavy (non-hydrogen) atoms. The summed E-state index contributed by atoms with van der Waals surface area (Å²) in [5.41, 5.74) is 3.76. The normalized spacial score (nSPS) is 14.4. The zero-order valence-corrected chi connectivity index (χ0v) is 18.4. The van der Waals surface area contributed by atoms with Crippen LogP contribution in [0.1, 0.15) is 24.8 Å². The Balaban J connectivity index is 1.38. The van der Waals surface area contributed by atoms with Crippen LogP contribution in [-0.4, -0.2) is 44.4 Å². The van der Waals surface area contributed by atoms with E-state index in [0.717, 1.165) is 29.8 Å². The second kappa shape index (κ2) is 9.42. The molecule has 2 aromatic heterocycles. The van der Waals surface area contributed by atoms with E-state index in [-0.39, 0.29) is 5.65 Å². The van der Waals surface area contributed by atoms with E-state index in [1.165, 1.54) is 44.1 Å². The molecular weight excluding hydrogens is 414 g/mol. The van der Waals surface area contributed by atoms with Gasteiger partial charge in [0.15, 0.2) is 5.65 Å². The summed E-state index contributed by atoms with van der Waals surface area (Å²) < 4.78 is 0.465. The summed E-state index contributed by atoms with van der Waals surface area (Å²) in [6.07, 6.45) is 6.56. The average Bonchev–Trinajstić information content (AvgIpc) is 2.87. The molecule has 0 bridgehead atoms. The third kappa shape index (κ3) is 4.73. The number of fused-ring (bicyclic) bond motifs is 1. The maximum Gasteiger partial charge on any atom is 0.384 e. The van der Waals surface area contributed by atoms with E-state index in [0.29, 0.717) is 15.9 Å². The van der Waals surface area contributed by atoms with Crippen molar-refractivity contribution in [2.45, 2.75) is 25.7 Å². The fraction of sp³-hybridized carbons (Fsp3) is 0.269. The molecule has 5 rings (SSSR count). The third-order valence-corrected chi connectivity index (χ3v) is 6.18. The Kier molecular flexibility index (Phi) is 6.04. The van der Waals surface area contributed by atoms with Gasteiger partial charge in [0.25, 0.3) is 0 Å². The molecule has 3 heterocycles. The van der Waals surface area contributed by atoms with Crippen LogP contribution in [0.15, 0.2) is 71.7 Å². The van der Waals surface area contributed by atoms with Crippen molar-refractivity contribution in [3.8, 4) is 11.1 Å². The summed E-state index contributed by atoms with van der Waals surface area (Å²) in [5.74, 6) is 0.362. The van der Waals surface area contributed by atoms with E-state index in [4.69, 9.17) is 0 Å². The van der Waals surface area contributed by atoms with E-state index < -0.39 is 5.69 Å². The maximum absolute atomic E-state index is 12.1. The van der Waals surface area contributed by atoms with Crippen LogP contribution in [0.5, 0.6) is 0 Å². The molecule has 2 aromatic carbocycles. The molecule has 0 radical (unpaired) electrons. The molecule has 1 aliphatic rings. The highest BCUT2D eigenvalue weighted by Crippen LogP contribution is 2.27. The van der Waals surface area contributed by atoms with Crippen LogP contribution >= 0.6 is 0 Å². The Labute approximate surface area is 192 Å². The number of rotatable bonds is 6. The molecule has 0 unspecified atom stereocenters. The zero-order chi connectivity index (χ0) is 22.6. The van der Waals surface area contributed by atoms with Gasteiger partial charge in [-0.1, -0.05) is 42.8 Å². The number of nitrogens with one attached hydrogen (secondary N) is 1. The van der Waals surface area contributed by atoms with Gasteiger partial charge in [-0.3, -0.25) is 0 Å². The minimum absolute atomic E-state index is 0.164. The van der Waals surface area contributed by atoms with Gasteiger partial charge in [0, 0.05) is 18.4 Å². The summed E-state index contributed by atoms with van der Waals surface area (Å²) in [4.78, 5) is 22.7. The predicted molar refractivity (Wildman–Crippen MR) is 130 cm³/mol. The van der Waals surface area contributed by atoms with Gasteiger partial charge in [-0.2, -0.15) is 4.98 Å². The number of benzene rings is 2. The van der Waals surface area contributed by atoms with Crippen LogP contribution in [0, 0.1) is 0 Å². The van der Waals surface area contributed by atoms with E-state index in [1.807, 2.05) is 18.2 Å². The minimum atomic E-state index is -0.777. The van der Waals surface area contributed by atoms with Crippen LogP contribution < -0.4 is 11.0 Å². The van der Waals surface area contributed by atoms with E-state index >= 15 is 0 Å². The van der Waals surface area contributed by atoms with Crippen LogP contribution in [0.2, 0.25) is 0 Å². The molecule has 1 fully saturated rings. The molecule has 0 amide bonds. The molecule has 1 saturated heterocycles. The van der Waals surface area contributed by atoms with Crippen molar-refractivity contribution in [3.05, 3.63) is 82.9 Å². The van der Waals surface area contributed by atoms with Crippen molar-refractivity contribution < 1.29 is 5.21 Å². The number of piperidine rings is 1. The Morgan fingerprint density at radius 1 is 0.939 bits per heavy atom. The summed E-state index contributed by atoms with van der Waals surface area (Å²) >= 11 is 0. The van der Waals surface area contributed by atoms with Crippen LogP contribution in [0.4, 0.5) is 11.5 Å². The topological polar surface area (TPSA) is 83.3 Å². The van der Waals surface area contributed by atoms with E-state index in [2.05, 4.69) is 50.5 Å². The highest BCUT2D eigenvalue weighted by atomic mass is 16.5. The van der Waals surface area contributed by atoms with Crippen molar-refractivity contribution in [1.29, 1.82) is 0 Å². The molecule has 7 heteroatoms. The number of aromatic nitrogens is 3. The first-order chi connectivity index (χ1) is 16.2. The second-order valence-electron chi connectivity index (χ2n) is 8.49. The largest absolute Gasteiger partial charge is 0.422 e. The van der Waals surface area contributed by atoms with Crippen LogP contribution in [0.3, 0.4) is 0 Å². The summed E-state index contributed by atoms with van der Waals surface area (Å²) in [6, 6.07) is 20.2. The Hall–Kier alpha value is -3.71. The van der Waals surface area contributed by atoms with Gasteiger partial charge in [0.1, 0.15) is 5.82 Å². The van der Waals surface area contributed by atoms with Gasteiger partial charge < -0.3 is 15.4 Å². The van der Waals surface area contributed by atoms with Crippen molar-refractivity contribution >= 4 is 22.5 Å². The number of anilines is 2. The summed E-state index contributed by atoms with van der Waals surface area (Å²) in [5, 5.41) is 13.7. The standard InChI is InChI=1S/C26H27N5O2/c32-26-29-24(23-11-6-13-27-25(23)31(26)33)28-22-10-5-9-21(18-22)20-8-4-7-19(17-20)12-16-30-14-2-1-3-15-30/h4-11,13,17-18,33H,1-3,12,14-16H2,(H,28,29,32). The lowest BCUT2D eigenvalue weighted by atomic mass is 10.0. The third-order valence-electron chi connectivity index (χ3n) is 6.18. The van der Waals surface area contributed by atoms with Crippen molar-refractivity contribution in [2.24, 2.45) is 0 Å². The fourth-order valence-electron chi connectivity index (χ4n) is 4.43. The van der Waals surface area contributed by atoms with Gasteiger partial charge in [-0.05, 0) is 73.3 Å². The SMILES string of the molecule is O=c1nc(Nc2cccc(-c3cccc(CCN4CCCCC4)c3)c2)c2cccnc2n1O. The average molecular weight is 442 g/mol. The Morgan fingerprint density at radius 3 is 2.58 bits per heavy atom. The molecule has 0 saturated carbocycles. The summed E-state index contributed by atoms with van der Waals surface area (Å²) in [7, 11) is 0. The quantitative estimate of drug-likeness (QED) is 0.430. The number of nitrogens with zero attached hydrogens (tertiary/aromatic N) is 4. The van der Waals surface area contributed by atoms with Crippen LogP contribution in [-0.2, 0) is 6.42 Å². The van der Waals surface area contributed by atoms with Crippen molar-refractivity contribution in [3.63, 3.8) is 0 Å². The lowest BCUT2D eigenvalue weighted by molar-refractivity contribution is 0.182. The number of pyridine rings is 1. The maximum atomic E-state index is 12.1. The molecule has 0 spiro atoms. The second-order valence-corrected chi connectivity index (χ2v) is 8.49. The molecular formula is C26H27N5O2. The molecule has 0 aliphatic carbocycles. The Morgan fingerprint density at radius 2 is 1.73 bits per heavy atom. The first-order valence-electron chi connectivity index (χ1n) is 11.4. The molecule has 0 atom stereocenters. The predicted octanol–water partition coefficient (Wildman–Crippen LogP) is 4.47. The molecule has 2 N–H and O–H groups in total. The van der Waals surface area contributed by atoms with Gasteiger partial charge in [0.05, 0.1) is 5.39 Å². The van der Waals surface area contributed by atoms with E-state index in [9.17, 15) is 10.0 Å². The minimum Gasteiger partial charge on any atom is -0.422 e. The monoisotopic (exact) mass is 441 g/mol. The molecule has 168 valence electrons. The molecule has 4 aromatic rings. The van der Waals surface area contributed by atoms with Gasteiger partial charge in [0.2, 0.25) is 0 Å². The van der Waals surface area contributed by atoms with Gasteiger partial charge in [-0.25, -0.2) is 9.78 Å². The highest BCUT2D eigenvalue weighted by Gasteiger charge is 2.12. The lowest BCUT2D eigenvalue weighted by Gasteiger charge is -2.26. The molecule has 1 aliphatic heterocycles. The van der Waals surface area contributed by atoms with Crippen LogP contribution in [0.25, 0.3) is 22.2 Å². The number of likely N-dealkylation sites (tertiary alicyclic amines) is 1. The van der Waals surface area contributed by atoms with E-state index in [1.54, 1.807) is 12.1 Å². The first-order valence-corrected chi connectivity index (χ1v) is 11.4. The zero-order valence-electron chi connectivity index (χ0n) is 18.4. The number of hydrogen-bond donors (Lipinski definition) is 2. The lowest BCUT2D eigenvalue weighted by Crippen LogP contribution is -2.31.